The molecule has 0 spiro atoms. The van der Waals surface area contributed by atoms with Crippen LogP contribution in [0.4, 0.5) is 0 Å². The summed E-state index contributed by atoms with van der Waals surface area (Å²) in [5, 5.41) is 9.33. The largest absolute Gasteiger partial charge is 0.508 e. The van der Waals surface area contributed by atoms with Crippen LogP contribution < -0.4 is 0 Å². The van der Waals surface area contributed by atoms with Crippen LogP contribution in [0.25, 0.3) is 0 Å². The number of phenolic OH excluding ortho intramolecular Hbond substituents is 1. The van der Waals surface area contributed by atoms with Gasteiger partial charge >= 0.3 is 0 Å². The molecule has 0 unspecified atom stereocenters. The molecule has 0 saturated carbocycles. The first-order valence-electron chi connectivity index (χ1n) is 3.41. The van der Waals surface area contributed by atoms with Gasteiger partial charge in [0.05, 0.1) is 0 Å². The molecule has 0 aliphatic heterocycles. The first-order chi connectivity index (χ1) is 6.02. The lowest BCUT2D eigenvalue weighted by molar-refractivity contribution is 0.470. The zero-order valence-electron chi connectivity index (χ0n) is 6.35. The van der Waals surface area contributed by atoms with Crippen molar-refractivity contribution >= 4 is 46.4 Å². The van der Waals surface area contributed by atoms with E-state index in [-0.39, 0.29) is 5.75 Å². The van der Waals surface area contributed by atoms with Crippen LogP contribution in [0, 0.1) is 0 Å². The van der Waals surface area contributed by atoms with Crippen LogP contribution in [0.2, 0.25) is 0 Å². The number of halogens is 4. The number of hydrogen-bond donors (Lipinski definition) is 1. The number of benzene rings is 1. The van der Waals surface area contributed by atoms with Gasteiger partial charge in [-0.25, -0.2) is 0 Å². The Kier molecular flexibility index (Phi) is 3.99. The fourth-order valence-corrected chi connectivity index (χ4v) is 1.50. The predicted octanol–water partition coefficient (Wildman–Crippen LogP) is 4.34. The SMILES string of the molecule is Oc1ccc(C(Cl)Cl)cc1C(Cl)Cl. The molecule has 0 saturated heterocycles. The number of hydrogen-bond acceptors (Lipinski definition) is 1. The van der Waals surface area contributed by atoms with E-state index in [0.717, 1.165) is 0 Å². The maximum atomic E-state index is 9.33. The Morgan fingerprint density at radius 1 is 1.00 bits per heavy atom. The lowest BCUT2D eigenvalue weighted by Crippen LogP contribution is -1.88. The second-order valence-corrected chi connectivity index (χ2v) is 4.61. The molecule has 0 amide bonds. The van der Waals surface area contributed by atoms with Gasteiger partial charge < -0.3 is 5.11 Å². The van der Waals surface area contributed by atoms with Gasteiger partial charge in [-0.15, -0.1) is 23.2 Å². The summed E-state index contributed by atoms with van der Waals surface area (Å²) >= 11 is 22.5. The zero-order valence-corrected chi connectivity index (χ0v) is 9.37. The van der Waals surface area contributed by atoms with E-state index in [1.165, 1.54) is 6.07 Å². The highest BCUT2D eigenvalue weighted by Gasteiger charge is 2.12. The Morgan fingerprint density at radius 2 is 1.62 bits per heavy atom. The number of phenols is 1. The lowest BCUT2D eigenvalue weighted by Gasteiger charge is -2.08. The van der Waals surface area contributed by atoms with Gasteiger partial charge in [-0.2, -0.15) is 0 Å². The molecule has 0 aliphatic carbocycles. The highest BCUT2D eigenvalue weighted by Crippen LogP contribution is 2.35. The minimum Gasteiger partial charge on any atom is -0.508 e. The van der Waals surface area contributed by atoms with Crippen LogP contribution in [-0.2, 0) is 0 Å². The van der Waals surface area contributed by atoms with Gasteiger partial charge in [0.15, 0.2) is 0 Å². The molecule has 0 radical (unpaired) electrons. The number of rotatable bonds is 2. The number of alkyl halides is 4. The van der Waals surface area contributed by atoms with Crippen molar-refractivity contribution in [1.82, 2.24) is 0 Å². The molecular weight excluding hydrogens is 254 g/mol. The molecule has 0 bridgehead atoms. The Labute approximate surface area is 96.2 Å². The van der Waals surface area contributed by atoms with Crippen molar-refractivity contribution in [3.63, 3.8) is 0 Å². The second kappa shape index (κ2) is 4.61. The monoisotopic (exact) mass is 258 g/mol. The molecule has 1 rings (SSSR count). The van der Waals surface area contributed by atoms with Crippen LogP contribution in [0.5, 0.6) is 5.75 Å². The van der Waals surface area contributed by atoms with Crippen molar-refractivity contribution in [2.75, 3.05) is 0 Å². The summed E-state index contributed by atoms with van der Waals surface area (Å²) in [5.41, 5.74) is 1.06. The van der Waals surface area contributed by atoms with E-state index in [0.29, 0.717) is 11.1 Å². The van der Waals surface area contributed by atoms with Gasteiger partial charge in [-0.05, 0) is 17.7 Å². The minimum absolute atomic E-state index is 0.0349. The minimum atomic E-state index is -0.785. The van der Waals surface area contributed by atoms with E-state index in [4.69, 9.17) is 46.4 Å². The maximum absolute atomic E-state index is 9.33. The van der Waals surface area contributed by atoms with Crippen molar-refractivity contribution in [2.45, 2.75) is 9.67 Å². The van der Waals surface area contributed by atoms with E-state index < -0.39 is 9.67 Å². The van der Waals surface area contributed by atoms with E-state index in [2.05, 4.69) is 0 Å². The summed E-state index contributed by atoms with van der Waals surface area (Å²) in [4.78, 5) is -1.43. The molecule has 5 heteroatoms. The van der Waals surface area contributed by atoms with Gasteiger partial charge in [0, 0.05) is 5.56 Å². The highest BCUT2D eigenvalue weighted by molar-refractivity contribution is 6.45. The quantitative estimate of drug-likeness (QED) is 0.784. The molecule has 1 aromatic rings. The molecule has 1 nitrogen and oxygen atoms in total. The van der Waals surface area contributed by atoms with Gasteiger partial charge in [-0.3, -0.25) is 0 Å². The fourth-order valence-electron chi connectivity index (χ4n) is 0.884. The van der Waals surface area contributed by atoms with Gasteiger partial charge in [-0.1, -0.05) is 29.3 Å². The topological polar surface area (TPSA) is 20.2 Å². The van der Waals surface area contributed by atoms with E-state index in [1.54, 1.807) is 12.1 Å². The van der Waals surface area contributed by atoms with Crippen molar-refractivity contribution in [2.24, 2.45) is 0 Å². The molecule has 0 heterocycles. The van der Waals surface area contributed by atoms with E-state index in [1.807, 2.05) is 0 Å². The van der Waals surface area contributed by atoms with Crippen LogP contribution >= 0.6 is 46.4 Å². The first kappa shape index (κ1) is 11.3. The van der Waals surface area contributed by atoms with Gasteiger partial charge in [0.25, 0.3) is 0 Å². The van der Waals surface area contributed by atoms with Crippen LogP contribution in [0.15, 0.2) is 18.2 Å². The second-order valence-electron chi connectivity index (χ2n) is 2.42. The van der Waals surface area contributed by atoms with Crippen molar-refractivity contribution in [1.29, 1.82) is 0 Å². The summed E-state index contributed by atoms with van der Waals surface area (Å²) < 4.78 is 0. The van der Waals surface area contributed by atoms with Crippen molar-refractivity contribution < 1.29 is 5.11 Å². The molecule has 0 aliphatic rings. The zero-order chi connectivity index (χ0) is 10.0. The van der Waals surface area contributed by atoms with Crippen LogP contribution in [0.3, 0.4) is 0 Å². The molecule has 0 atom stereocenters. The Balaban J connectivity index is 3.11. The first-order valence-corrected chi connectivity index (χ1v) is 5.16. The summed E-state index contributed by atoms with van der Waals surface area (Å²) in [6.45, 7) is 0. The standard InChI is InChI=1S/C8H6Cl4O/c9-7(10)4-1-2-6(13)5(3-4)8(11)12/h1-3,7-8,13H. The average Bonchev–Trinajstić information content (AvgIpc) is 2.04. The molecular formula is C8H6Cl4O. The Hall–Kier alpha value is 0.180. The molecule has 1 N–H and O–H groups in total. The van der Waals surface area contributed by atoms with E-state index >= 15 is 0 Å². The summed E-state index contributed by atoms with van der Waals surface area (Å²) in [5.74, 6) is 0.0349. The lowest BCUT2D eigenvalue weighted by atomic mass is 10.1. The predicted molar refractivity (Wildman–Crippen MR) is 57.0 cm³/mol. The highest BCUT2D eigenvalue weighted by atomic mass is 35.5. The van der Waals surface area contributed by atoms with Crippen LogP contribution in [-0.4, -0.2) is 5.11 Å². The van der Waals surface area contributed by atoms with Gasteiger partial charge in [0.2, 0.25) is 0 Å². The number of aromatic hydroxyl groups is 1. The summed E-state index contributed by atoms with van der Waals surface area (Å²) in [6.07, 6.45) is 0. The summed E-state index contributed by atoms with van der Waals surface area (Å²) in [6, 6.07) is 4.64. The smallest absolute Gasteiger partial charge is 0.136 e. The average molecular weight is 260 g/mol. The summed E-state index contributed by atoms with van der Waals surface area (Å²) in [7, 11) is 0. The fraction of sp³-hybridized carbons (Fsp3) is 0.250. The molecule has 0 aromatic heterocycles. The van der Waals surface area contributed by atoms with Gasteiger partial charge in [0.1, 0.15) is 15.4 Å². The van der Waals surface area contributed by atoms with Crippen LogP contribution in [0.1, 0.15) is 20.8 Å². The molecule has 72 valence electrons. The molecule has 13 heavy (non-hydrogen) atoms. The molecule has 0 fully saturated rings. The van der Waals surface area contributed by atoms with Crippen molar-refractivity contribution in [3.05, 3.63) is 29.3 Å². The molecule has 1 aromatic carbocycles. The maximum Gasteiger partial charge on any atom is 0.136 e. The Bertz CT molecular complexity index is 298. The Morgan fingerprint density at radius 3 is 2.08 bits per heavy atom. The third-order valence-electron chi connectivity index (χ3n) is 1.54. The normalized spacial score (nSPS) is 11.2. The van der Waals surface area contributed by atoms with E-state index in [9.17, 15) is 5.11 Å². The third-order valence-corrected chi connectivity index (χ3v) is 2.51. The van der Waals surface area contributed by atoms with Crippen molar-refractivity contribution in [3.8, 4) is 5.75 Å². The third kappa shape index (κ3) is 2.81.